The van der Waals surface area contributed by atoms with Crippen LogP contribution in [0.3, 0.4) is 0 Å². The van der Waals surface area contributed by atoms with Gasteiger partial charge in [0.2, 0.25) is 0 Å². The Bertz CT molecular complexity index is 565. The average molecular weight is 265 g/mol. The van der Waals surface area contributed by atoms with Crippen LogP contribution in [0.25, 0.3) is 0 Å². The fourth-order valence-corrected chi connectivity index (χ4v) is 2.29. The van der Waals surface area contributed by atoms with E-state index in [1.807, 2.05) is 6.07 Å². The highest BCUT2D eigenvalue weighted by molar-refractivity contribution is 5.83. The van der Waals surface area contributed by atoms with Crippen LogP contribution in [-0.2, 0) is 6.42 Å². The summed E-state index contributed by atoms with van der Waals surface area (Å²) in [6, 6.07) is 19.0. The van der Waals surface area contributed by atoms with Crippen molar-refractivity contribution >= 4 is 11.6 Å². The van der Waals surface area contributed by atoms with Gasteiger partial charge in [0, 0.05) is 13.1 Å². The third-order valence-electron chi connectivity index (χ3n) is 3.37. The van der Waals surface area contributed by atoms with Crippen molar-refractivity contribution in [3.63, 3.8) is 0 Å². The number of guanidine groups is 1. The summed E-state index contributed by atoms with van der Waals surface area (Å²) < 4.78 is 0. The van der Waals surface area contributed by atoms with Gasteiger partial charge in [-0.2, -0.15) is 0 Å². The number of rotatable bonds is 3. The summed E-state index contributed by atoms with van der Waals surface area (Å²) in [5.74, 6) is 0.882. The maximum atomic E-state index is 4.56. The molecule has 0 bridgehead atoms. The SMILES string of the molecule is c1ccc(Cc2ccc(N=C3NCCCN3)cc2)cc1. The molecule has 102 valence electrons. The van der Waals surface area contributed by atoms with Gasteiger partial charge < -0.3 is 10.6 Å². The molecule has 0 aromatic heterocycles. The topological polar surface area (TPSA) is 36.4 Å². The second-order valence-electron chi connectivity index (χ2n) is 5.00. The molecule has 0 atom stereocenters. The van der Waals surface area contributed by atoms with Crippen LogP contribution in [0.4, 0.5) is 5.69 Å². The Morgan fingerprint density at radius 3 is 2.15 bits per heavy atom. The monoisotopic (exact) mass is 265 g/mol. The van der Waals surface area contributed by atoms with E-state index in [1.165, 1.54) is 11.1 Å². The number of hydrogen-bond donors (Lipinski definition) is 2. The number of aliphatic imine (C=N–C) groups is 1. The first-order valence-corrected chi connectivity index (χ1v) is 7.09. The van der Waals surface area contributed by atoms with E-state index in [2.05, 4.69) is 64.2 Å². The maximum absolute atomic E-state index is 4.56. The molecule has 20 heavy (non-hydrogen) atoms. The fraction of sp³-hybridized carbons (Fsp3) is 0.235. The molecule has 1 heterocycles. The Morgan fingerprint density at radius 2 is 1.45 bits per heavy atom. The van der Waals surface area contributed by atoms with Crippen molar-refractivity contribution < 1.29 is 0 Å². The summed E-state index contributed by atoms with van der Waals surface area (Å²) in [5.41, 5.74) is 3.63. The van der Waals surface area contributed by atoms with Gasteiger partial charge in [-0.1, -0.05) is 42.5 Å². The fourth-order valence-electron chi connectivity index (χ4n) is 2.29. The molecular formula is C17H19N3. The number of nitrogens with zero attached hydrogens (tertiary/aromatic N) is 1. The molecular weight excluding hydrogens is 246 g/mol. The Morgan fingerprint density at radius 1 is 0.800 bits per heavy atom. The zero-order chi connectivity index (χ0) is 13.6. The van der Waals surface area contributed by atoms with Gasteiger partial charge in [0.25, 0.3) is 0 Å². The van der Waals surface area contributed by atoms with E-state index in [1.54, 1.807) is 0 Å². The summed E-state index contributed by atoms with van der Waals surface area (Å²) >= 11 is 0. The Hall–Kier alpha value is -2.29. The third kappa shape index (κ3) is 3.38. The zero-order valence-electron chi connectivity index (χ0n) is 11.5. The third-order valence-corrected chi connectivity index (χ3v) is 3.37. The minimum atomic E-state index is 0.882. The number of nitrogens with one attached hydrogen (secondary N) is 2. The smallest absolute Gasteiger partial charge is 0.196 e. The van der Waals surface area contributed by atoms with Gasteiger partial charge in [-0.25, -0.2) is 4.99 Å². The molecule has 0 radical (unpaired) electrons. The Kier molecular flexibility index (Phi) is 3.97. The molecule has 2 aromatic rings. The van der Waals surface area contributed by atoms with E-state index < -0.39 is 0 Å². The average Bonchev–Trinajstić information content (AvgIpc) is 2.51. The molecule has 1 saturated heterocycles. The summed E-state index contributed by atoms with van der Waals surface area (Å²) in [6.45, 7) is 2.00. The van der Waals surface area contributed by atoms with Crippen molar-refractivity contribution in [1.82, 2.24) is 10.6 Å². The Labute approximate surface area is 119 Å². The quantitative estimate of drug-likeness (QED) is 0.895. The lowest BCUT2D eigenvalue weighted by atomic mass is 10.1. The van der Waals surface area contributed by atoms with Gasteiger partial charge in [-0.05, 0) is 36.1 Å². The molecule has 2 aromatic carbocycles. The second kappa shape index (κ2) is 6.24. The van der Waals surface area contributed by atoms with Crippen molar-refractivity contribution in [2.24, 2.45) is 4.99 Å². The lowest BCUT2D eigenvalue weighted by Gasteiger charge is -2.17. The normalized spacial score (nSPS) is 14.3. The van der Waals surface area contributed by atoms with Crippen LogP contribution < -0.4 is 10.6 Å². The highest BCUT2D eigenvalue weighted by Gasteiger charge is 2.03. The molecule has 1 aliphatic heterocycles. The first kappa shape index (κ1) is 12.7. The summed E-state index contributed by atoms with van der Waals surface area (Å²) in [5, 5.41) is 6.52. The lowest BCUT2D eigenvalue weighted by Crippen LogP contribution is -2.43. The van der Waals surface area contributed by atoms with Gasteiger partial charge in [0.1, 0.15) is 0 Å². The van der Waals surface area contributed by atoms with Gasteiger partial charge in [-0.3, -0.25) is 0 Å². The van der Waals surface area contributed by atoms with Crippen LogP contribution in [-0.4, -0.2) is 19.0 Å². The molecule has 0 spiro atoms. The lowest BCUT2D eigenvalue weighted by molar-refractivity contribution is 0.668. The van der Waals surface area contributed by atoms with Crippen molar-refractivity contribution in [2.45, 2.75) is 12.8 Å². The molecule has 3 heteroatoms. The Balaban J connectivity index is 1.68. The van der Waals surface area contributed by atoms with E-state index in [-0.39, 0.29) is 0 Å². The minimum absolute atomic E-state index is 0.882. The molecule has 1 fully saturated rings. The van der Waals surface area contributed by atoms with E-state index >= 15 is 0 Å². The summed E-state index contributed by atoms with van der Waals surface area (Å²) in [4.78, 5) is 4.56. The van der Waals surface area contributed by atoms with Crippen LogP contribution >= 0.6 is 0 Å². The van der Waals surface area contributed by atoms with Crippen LogP contribution in [0.15, 0.2) is 59.6 Å². The molecule has 3 nitrogen and oxygen atoms in total. The first-order chi connectivity index (χ1) is 9.90. The summed E-state index contributed by atoms with van der Waals surface area (Å²) in [7, 11) is 0. The summed E-state index contributed by atoms with van der Waals surface area (Å²) in [6.07, 6.45) is 2.11. The molecule has 0 saturated carbocycles. The van der Waals surface area contributed by atoms with E-state index in [0.717, 1.165) is 37.6 Å². The standard InChI is InChI=1S/C17H19N3/c1-2-5-14(6-3-1)13-15-7-9-16(10-8-15)20-17-18-11-4-12-19-17/h1-3,5-10H,4,11-13H2,(H2,18,19,20). The van der Waals surface area contributed by atoms with Crippen LogP contribution in [0, 0.1) is 0 Å². The van der Waals surface area contributed by atoms with Gasteiger partial charge in [0.15, 0.2) is 5.96 Å². The van der Waals surface area contributed by atoms with Gasteiger partial charge in [0.05, 0.1) is 5.69 Å². The second-order valence-corrected chi connectivity index (χ2v) is 5.00. The first-order valence-electron chi connectivity index (χ1n) is 7.09. The number of benzene rings is 2. The van der Waals surface area contributed by atoms with E-state index in [4.69, 9.17) is 0 Å². The van der Waals surface area contributed by atoms with Crippen molar-refractivity contribution in [3.05, 3.63) is 65.7 Å². The molecule has 0 aliphatic carbocycles. The zero-order valence-corrected chi connectivity index (χ0v) is 11.5. The van der Waals surface area contributed by atoms with Gasteiger partial charge >= 0.3 is 0 Å². The number of hydrogen-bond acceptors (Lipinski definition) is 1. The molecule has 0 unspecified atom stereocenters. The molecule has 1 aliphatic rings. The predicted molar refractivity (Wildman–Crippen MR) is 83.4 cm³/mol. The van der Waals surface area contributed by atoms with Crippen molar-refractivity contribution in [2.75, 3.05) is 13.1 Å². The minimum Gasteiger partial charge on any atom is -0.356 e. The highest BCUT2D eigenvalue weighted by atomic mass is 15.2. The largest absolute Gasteiger partial charge is 0.356 e. The van der Waals surface area contributed by atoms with Crippen molar-refractivity contribution in [1.29, 1.82) is 0 Å². The van der Waals surface area contributed by atoms with Crippen molar-refractivity contribution in [3.8, 4) is 0 Å². The molecule has 0 amide bonds. The maximum Gasteiger partial charge on any atom is 0.196 e. The highest BCUT2D eigenvalue weighted by Crippen LogP contribution is 2.16. The van der Waals surface area contributed by atoms with Crippen LogP contribution in [0.2, 0.25) is 0 Å². The molecule has 3 rings (SSSR count). The van der Waals surface area contributed by atoms with E-state index in [9.17, 15) is 0 Å². The van der Waals surface area contributed by atoms with Gasteiger partial charge in [-0.15, -0.1) is 0 Å². The predicted octanol–water partition coefficient (Wildman–Crippen LogP) is 2.85. The molecule has 2 N–H and O–H groups in total. The van der Waals surface area contributed by atoms with Crippen LogP contribution in [0.5, 0.6) is 0 Å². The van der Waals surface area contributed by atoms with E-state index in [0.29, 0.717) is 0 Å². The van der Waals surface area contributed by atoms with Crippen LogP contribution in [0.1, 0.15) is 17.5 Å².